The highest BCUT2D eigenvalue weighted by atomic mass is 16.5. The number of ether oxygens (including phenoxy) is 1. The number of carbonyl (C=O) groups excluding carboxylic acids is 1. The van der Waals surface area contributed by atoms with Crippen molar-refractivity contribution in [1.29, 1.82) is 0 Å². The Morgan fingerprint density at radius 3 is 2.80 bits per heavy atom. The van der Waals surface area contributed by atoms with Crippen molar-refractivity contribution in [3.05, 3.63) is 29.6 Å². The number of carbonyl (C=O) groups is 2. The number of hydrogen-bond acceptors (Lipinski definition) is 4. The number of aromatic nitrogens is 2. The summed E-state index contributed by atoms with van der Waals surface area (Å²) in [6.07, 6.45) is -0.191. The summed E-state index contributed by atoms with van der Waals surface area (Å²) < 4.78 is 6.55. The summed E-state index contributed by atoms with van der Waals surface area (Å²) in [5.41, 5.74) is 6.22. The number of hydrogen-bond donors (Lipinski definition) is 2. The van der Waals surface area contributed by atoms with Crippen LogP contribution in [-0.4, -0.2) is 33.3 Å². The molecule has 1 aromatic heterocycles. The third-order valence-corrected chi connectivity index (χ3v) is 2.96. The number of aryl methyl sites for hydroxylation is 1. The minimum absolute atomic E-state index is 0.116. The summed E-state index contributed by atoms with van der Waals surface area (Å²) in [6.45, 7) is 2.42. The molecule has 3 N–H and O–H groups in total. The molecule has 0 spiro atoms. The molecular weight excluding hydrogens is 262 g/mol. The molecule has 0 aliphatic heterocycles. The van der Waals surface area contributed by atoms with E-state index in [2.05, 4.69) is 4.98 Å². The van der Waals surface area contributed by atoms with Crippen LogP contribution in [-0.2, 0) is 17.7 Å². The molecule has 0 unspecified atom stereocenters. The number of carboxylic acids is 1. The standard InChI is InChI=1S/C13H15N3O4/c1-2-10-15-11-8(12(17)18)4-3-5-9(11)16(10)6-7-20-13(14)19/h3-5H,2,6-7H2,1H3,(H2,14,19)(H,17,18). The lowest BCUT2D eigenvalue weighted by Crippen LogP contribution is -2.17. The number of aromatic carboxylic acids is 1. The van der Waals surface area contributed by atoms with Gasteiger partial charge in [0, 0.05) is 6.42 Å². The molecule has 20 heavy (non-hydrogen) atoms. The molecule has 7 nitrogen and oxygen atoms in total. The topological polar surface area (TPSA) is 107 Å². The van der Waals surface area contributed by atoms with Crippen LogP contribution in [0.1, 0.15) is 23.1 Å². The number of amides is 1. The fourth-order valence-corrected chi connectivity index (χ4v) is 2.12. The number of primary amides is 1. The van der Waals surface area contributed by atoms with E-state index in [-0.39, 0.29) is 12.2 Å². The van der Waals surface area contributed by atoms with Crippen molar-refractivity contribution in [3.63, 3.8) is 0 Å². The summed E-state index contributed by atoms with van der Waals surface area (Å²) in [5, 5.41) is 9.17. The number of rotatable bonds is 5. The highest BCUT2D eigenvalue weighted by Crippen LogP contribution is 2.20. The van der Waals surface area contributed by atoms with Crippen molar-refractivity contribution in [1.82, 2.24) is 9.55 Å². The van der Waals surface area contributed by atoms with Crippen molar-refractivity contribution in [2.45, 2.75) is 19.9 Å². The fraction of sp³-hybridized carbons (Fsp3) is 0.308. The van der Waals surface area contributed by atoms with Crippen LogP contribution >= 0.6 is 0 Å². The molecule has 2 rings (SSSR count). The van der Waals surface area contributed by atoms with Gasteiger partial charge in [-0.3, -0.25) is 0 Å². The Hall–Kier alpha value is -2.57. The summed E-state index contributed by atoms with van der Waals surface area (Å²) >= 11 is 0. The van der Waals surface area contributed by atoms with E-state index in [1.807, 2.05) is 11.5 Å². The normalized spacial score (nSPS) is 10.7. The maximum atomic E-state index is 11.2. The second-order valence-corrected chi connectivity index (χ2v) is 4.18. The van der Waals surface area contributed by atoms with E-state index in [4.69, 9.17) is 15.6 Å². The second-order valence-electron chi connectivity index (χ2n) is 4.18. The first-order valence-electron chi connectivity index (χ1n) is 6.18. The van der Waals surface area contributed by atoms with Gasteiger partial charge in [-0.05, 0) is 12.1 Å². The molecule has 0 saturated carbocycles. The van der Waals surface area contributed by atoms with Crippen molar-refractivity contribution >= 4 is 23.1 Å². The zero-order valence-electron chi connectivity index (χ0n) is 11.0. The third kappa shape index (κ3) is 2.56. The van der Waals surface area contributed by atoms with Gasteiger partial charge in [-0.25, -0.2) is 14.6 Å². The molecule has 1 aromatic carbocycles. The quantitative estimate of drug-likeness (QED) is 0.858. The van der Waals surface area contributed by atoms with E-state index >= 15 is 0 Å². The Morgan fingerprint density at radius 1 is 1.45 bits per heavy atom. The minimum Gasteiger partial charge on any atom is -0.478 e. The smallest absolute Gasteiger partial charge is 0.404 e. The molecule has 0 radical (unpaired) electrons. The van der Waals surface area contributed by atoms with Crippen LogP contribution in [0, 0.1) is 0 Å². The van der Waals surface area contributed by atoms with Crippen molar-refractivity contribution < 1.29 is 19.4 Å². The predicted octanol–water partition coefficient (Wildman–Crippen LogP) is 1.39. The lowest BCUT2D eigenvalue weighted by Gasteiger charge is -2.07. The van der Waals surface area contributed by atoms with Gasteiger partial charge in [-0.15, -0.1) is 0 Å². The number of benzene rings is 1. The summed E-state index contributed by atoms with van der Waals surface area (Å²) in [4.78, 5) is 26.1. The summed E-state index contributed by atoms with van der Waals surface area (Å²) in [5.74, 6) is -0.280. The molecule has 1 amide bonds. The minimum atomic E-state index is -1.02. The number of nitrogens with zero attached hydrogens (tertiary/aromatic N) is 2. The average molecular weight is 277 g/mol. The zero-order chi connectivity index (χ0) is 14.7. The van der Waals surface area contributed by atoms with Crippen LogP contribution in [0.3, 0.4) is 0 Å². The molecule has 0 fully saturated rings. The first-order valence-corrected chi connectivity index (χ1v) is 6.18. The van der Waals surface area contributed by atoms with Crippen LogP contribution in [0.2, 0.25) is 0 Å². The van der Waals surface area contributed by atoms with Crippen LogP contribution in [0.15, 0.2) is 18.2 Å². The van der Waals surface area contributed by atoms with E-state index < -0.39 is 12.1 Å². The van der Waals surface area contributed by atoms with Gasteiger partial charge in [-0.2, -0.15) is 0 Å². The molecule has 106 valence electrons. The number of imidazole rings is 1. The summed E-state index contributed by atoms with van der Waals surface area (Å²) in [6, 6.07) is 4.97. The van der Waals surface area contributed by atoms with E-state index in [0.29, 0.717) is 24.0 Å². The Kier molecular flexibility index (Phi) is 3.88. The Morgan fingerprint density at radius 2 is 2.20 bits per heavy atom. The Labute approximate surface area is 115 Å². The first kappa shape index (κ1) is 13.9. The molecule has 0 atom stereocenters. The van der Waals surface area contributed by atoms with E-state index in [1.165, 1.54) is 6.07 Å². The van der Waals surface area contributed by atoms with Crippen molar-refractivity contribution in [2.24, 2.45) is 5.73 Å². The molecule has 0 aliphatic carbocycles. The molecule has 7 heteroatoms. The van der Waals surface area contributed by atoms with Gasteiger partial charge in [-0.1, -0.05) is 13.0 Å². The molecule has 0 bridgehead atoms. The van der Waals surface area contributed by atoms with Gasteiger partial charge >= 0.3 is 12.1 Å². The van der Waals surface area contributed by atoms with Crippen LogP contribution in [0.5, 0.6) is 0 Å². The number of carboxylic acid groups (broad SMARTS) is 1. The van der Waals surface area contributed by atoms with Crippen molar-refractivity contribution in [3.8, 4) is 0 Å². The predicted molar refractivity (Wildman–Crippen MR) is 71.6 cm³/mol. The van der Waals surface area contributed by atoms with E-state index in [0.717, 1.165) is 5.82 Å². The summed E-state index contributed by atoms with van der Waals surface area (Å²) in [7, 11) is 0. The second kappa shape index (κ2) is 5.60. The fourth-order valence-electron chi connectivity index (χ4n) is 2.12. The monoisotopic (exact) mass is 277 g/mol. The van der Waals surface area contributed by atoms with Gasteiger partial charge in [0.1, 0.15) is 17.9 Å². The molecule has 0 aliphatic rings. The van der Waals surface area contributed by atoms with Crippen molar-refractivity contribution in [2.75, 3.05) is 6.61 Å². The van der Waals surface area contributed by atoms with Gasteiger partial charge in [0.05, 0.1) is 17.6 Å². The SMILES string of the molecule is CCc1nc2c(C(=O)O)cccc2n1CCOC(N)=O. The first-order chi connectivity index (χ1) is 9.54. The molecular formula is C13H15N3O4. The lowest BCUT2D eigenvalue weighted by molar-refractivity contribution is 0.0698. The van der Waals surface area contributed by atoms with Crippen LogP contribution in [0.4, 0.5) is 4.79 Å². The Balaban J connectivity index is 2.44. The maximum absolute atomic E-state index is 11.2. The largest absolute Gasteiger partial charge is 0.478 e. The lowest BCUT2D eigenvalue weighted by atomic mass is 10.2. The van der Waals surface area contributed by atoms with Gasteiger partial charge in [0.2, 0.25) is 0 Å². The molecule has 2 aromatic rings. The van der Waals surface area contributed by atoms with E-state index in [1.54, 1.807) is 12.1 Å². The van der Waals surface area contributed by atoms with Crippen LogP contribution in [0.25, 0.3) is 11.0 Å². The highest BCUT2D eigenvalue weighted by molar-refractivity contribution is 6.01. The number of fused-ring (bicyclic) bond motifs is 1. The average Bonchev–Trinajstić information content (AvgIpc) is 2.76. The molecule has 0 saturated heterocycles. The van der Waals surface area contributed by atoms with Gasteiger partial charge in [0.15, 0.2) is 0 Å². The number of para-hydroxylation sites is 1. The van der Waals surface area contributed by atoms with Gasteiger partial charge in [0.25, 0.3) is 0 Å². The maximum Gasteiger partial charge on any atom is 0.404 e. The third-order valence-electron chi connectivity index (χ3n) is 2.96. The molecule has 1 heterocycles. The van der Waals surface area contributed by atoms with Crippen LogP contribution < -0.4 is 5.73 Å². The Bertz CT molecular complexity index is 663. The zero-order valence-corrected chi connectivity index (χ0v) is 11.0. The van der Waals surface area contributed by atoms with E-state index in [9.17, 15) is 9.59 Å². The highest BCUT2D eigenvalue weighted by Gasteiger charge is 2.16. The van der Waals surface area contributed by atoms with Gasteiger partial charge < -0.3 is 20.1 Å². The number of nitrogens with two attached hydrogens (primary N) is 1.